The average Bonchev–Trinajstić information content (AvgIpc) is 2.03. The Morgan fingerprint density at radius 3 is 2.31 bits per heavy atom. The van der Waals surface area contributed by atoms with Gasteiger partial charge in [-0.25, -0.2) is 0 Å². The molecule has 0 aromatic heterocycles. The average molecular weight is 243 g/mol. The van der Waals surface area contributed by atoms with Gasteiger partial charge in [-0.1, -0.05) is 26.8 Å². The van der Waals surface area contributed by atoms with Gasteiger partial charge in [-0.3, -0.25) is 0 Å². The molecule has 0 saturated carbocycles. The van der Waals surface area contributed by atoms with E-state index in [4.69, 9.17) is 4.74 Å². The molecule has 0 unspecified atom stereocenters. The van der Waals surface area contributed by atoms with Crippen molar-refractivity contribution >= 4 is 15.9 Å². The smallest absolute Gasteiger partial charge is 0.133 e. The van der Waals surface area contributed by atoms with Crippen molar-refractivity contribution in [2.45, 2.75) is 26.2 Å². The molecule has 1 aromatic rings. The van der Waals surface area contributed by atoms with Crippen LogP contribution in [0.25, 0.3) is 0 Å². The Labute approximate surface area is 88.2 Å². The summed E-state index contributed by atoms with van der Waals surface area (Å²) >= 11 is 3.43. The molecule has 0 fully saturated rings. The zero-order valence-corrected chi connectivity index (χ0v) is 10.1. The monoisotopic (exact) mass is 242 g/mol. The lowest BCUT2D eigenvalue weighted by molar-refractivity contribution is 0.410. The molecular formula is C11H15BrO. The predicted octanol–water partition coefficient (Wildman–Crippen LogP) is 3.76. The number of benzene rings is 1. The summed E-state index contributed by atoms with van der Waals surface area (Å²) in [5.41, 5.74) is 1.46. The molecule has 0 radical (unpaired) electrons. The fourth-order valence-corrected chi connectivity index (χ4v) is 1.53. The van der Waals surface area contributed by atoms with Gasteiger partial charge in [-0.15, -0.1) is 0 Å². The summed E-state index contributed by atoms with van der Waals surface area (Å²) in [6.07, 6.45) is 0. The molecule has 0 saturated heterocycles. The van der Waals surface area contributed by atoms with Gasteiger partial charge in [0.05, 0.1) is 11.6 Å². The van der Waals surface area contributed by atoms with Gasteiger partial charge in [-0.2, -0.15) is 0 Å². The van der Waals surface area contributed by atoms with Gasteiger partial charge >= 0.3 is 0 Å². The quantitative estimate of drug-likeness (QED) is 0.729. The highest BCUT2D eigenvalue weighted by Gasteiger charge is 2.14. The minimum Gasteiger partial charge on any atom is -0.496 e. The van der Waals surface area contributed by atoms with Crippen molar-refractivity contribution in [1.29, 1.82) is 0 Å². The first kappa shape index (κ1) is 10.6. The van der Waals surface area contributed by atoms with Gasteiger partial charge < -0.3 is 4.74 Å². The van der Waals surface area contributed by atoms with Gasteiger partial charge in [0.25, 0.3) is 0 Å². The van der Waals surface area contributed by atoms with Crippen molar-refractivity contribution in [1.82, 2.24) is 0 Å². The molecule has 0 bridgehead atoms. The second-order valence-electron chi connectivity index (χ2n) is 4.10. The van der Waals surface area contributed by atoms with E-state index in [1.165, 1.54) is 5.56 Å². The fraction of sp³-hybridized carbons (Fsp3) is 0.455. The van der Waals surface area contributed by atoms with Crippen LogP contribution in [-0.4, -0.2) is 7.11 Å². The van der Waals surface area contributed by atoms with Gasteiger partial charge in [0.15, 0.2) is 0 Å². The minimum absolute atomic E-state index is 0.175. The van der Waals surface area contributed by atoms with Crippen molar-refractivity contribution in [2.24, 2.45) is 0 Å². The second-order valence-corrected chi connectivity index (χ2v) is 4.95. The van der Waals surface area contributed by atoms with Crippen LogP contribution in [0.3, 0.4) is 0 Å². The van der Waals surface area contributed by atoms with Crippen LogP contribution in [0.4, 0.5) is 0 Å². The third kappa shape index (κ3) is 2.47. The number of rotatable bonds is 1. The third-order valence-electron chi connectivity index (χ3n) is 2.02. The maximum atomic E-state index is 5.23. The van der Waals surface area contributed by atoms with E-state index in [1.807, 2.05) is 6.07 Å². The topological polar surface area (TPSA) is 9.23 Å². The maximum absolute atomic E-state index is 5.23. The zero-order chi connectivity index (χ0) is 10.1. The molecule has 0 heterocycles. The summed E-state index contributed by atoms with van der Waals surface area (Å²) in [5.74, 6) is 0.896. The molecule has 0 aliphatic heterocycles. The zero-order valence-electron chi connectivity index (χ0n) is 8.52. The lowest BCUT2D eigenvalue weighted by Crippen LogP contribution is -2.10. The van der Waals surface area contributed by atoms with Crippen LogP contribution in [-0.2, 0) is 5.41 Å². The van der Waals surface area contributed by atoms with Crippen molar-refractivity contribution in [3.05, 3.63) is 28.2 Å². The van der Waals surface area contributed by atoms with Crippen molar-refractivity contribution in [3.8, 4) is 5.75 Å². The largest absolute Gasteiger partial charge is 0.496 e. The third-order valence-corrected chi connectivity index (χ3v) is 2.67. The Hall–Kier alpha value is -0.500. The number of methoxy groups -OCH3 is 1. The summed E-state index contributed by atoms with van der Waals surface area (Å²) in [5, 5.41) is 0. The number of ether oxygens (including phenoxy) is 1. The Balaban J connectivity index is 3.14. The molecule has 1 nitrogen and oxygen atoms in total. The van der Waals surface area contributed by atoms with Gasteiger partial charge in [0.2, 0.25) is 0 Å². The molecular weight excluding hydrogens is 228 g/mol. The molecule has 0 N–H and O–H groups in total. The first-order valence-electron chi connectivity index (χ1n) is 4.29. The molecule has 13 heavy (non-hydrogen) atoms. The van der Waals surface area contributed by atoms with Crippen LogP contribution in [0.2, 0.25) is 0 Å². The number of hydrogen-bond donors (Lipinski definition) is 0. The normalized spacial score (nSPS) is 11.5. The van der Waals surface area contributed by atoms with Crippen molar-refractivity contribution in [2.75, 3.05) is 7.11 Å². The van der Waals surface area contributed by atoms with E-state index < -0.39 is 0 Å². The Kier molecular flexibility index (Phi) is 3.01. The summed E-state index contributed by atoms with van der Waals surface area (Å²) in [7, 11) is 1.69. The van der Waals surface area contributed by atoms with E-state index in [9.17, 15) is 0 Å². The van der Waals surface area contributed by atoms with Crippen LogP contribution in [0.1, 0.15) is 26.3 Å². The van der Waals surface area contributed by atoms with Gasteiger partial charge in [0.1, 0.15) is 5.75 Å². The van der Waals surface area contributed by atoms with Crippen molar-refractivity contribution < 1.29 is 4.74 Å². The highest BCUT2D eigenvalue weighted by molar-refractivity contribution is 9.10. The highest BCUT2D eigenvalue weighted by atomic mass is 79.9. The highest BCUT2D eigenvalue weighted by Crippen LogP contribution is 2.31. The summed E-state index contributed by atoms with van der Waals surface area (Å²) in [6, 6.07) is 6.22. The molecule has 0 spiro atoms. The lowest BCUT2D eigenvalue weighted by Gasteiger charge is -2.19. The Morgan fingerprint density at radius 1 is 1.23 bits per heavy atom. The molecule has 1 aromatic carbocycles. The standard InChI is InChI=1S/C11H15BrO/c1-11(2,3)8-5-6-9(12)10(7-8)13-4/h5-7H,1-4H3. The predicted molar refractivity (Wildman–Crippen MR) is 59.4 cm³/mol. The molecule has 0 aliphatic carbocycles. The fourth-order valence-electron chi connectivity index (χ4n) is 1.13. The number of hydrogen-bond acceptors (Lipinski definition) is 1. The summed E-state index contributed by atoms with van der Waals surface area (Å²) in [4.78, 5) is 0. The van der Waals surface area contributed by atoms with E-state index in [0.717, 1.165) is 10.2 Å². The lowest BCUT2D eigenvalue weighted by atomic mass is 9.87. The van der Waals surface area contributed by atoms with Crippen LogP contribution >= 0.6 is 15.9 Å². The first-order valence-corrected chi connectivity index (χ1v) is 5.08. The van der Waals surface area contributed by atoms with Gasteiger partial charge in [0, 0.05) is 0 Å². The van der Waals surface area contributed by atoms with Gasteiger partial charge in [-0.05, 0) is 39.0 Å². The minimum atomic E-state index is 0.175. The first-order chi connectivity index (χ1) is 5.95. The van der Waals surface area contributed by atoms with Crippen LogP contribution in [0.15, 0.2) is 22.7 Å². The van der Waals surface area contributed by atoms with Crippen molar-refractivity contribution in [3.63, 3.8) is 0 Å². The van der Waals surface area contributed by atoms with E-state index in [0.29, 0.717) is 0 Å². The van der Waals surface area contributed by atoms with Crippen LogP contribution < -0.4 is 4.74 Å². The maximum Gasteiger partial charge on any atom is 0.133 e. The Bertz CT molecular complexity index is 299. The van der Waals surface area contributed by atoms with E-state index in [2.05, 4.69) is 48.8 Å². The summed E-state index contributed by atoms with van der Waals surface area (Å²) < 4.78 is 6.24. The van der Waals surface area contributed by atoms with E-state index in [-0.39, 0.29) is 5.41 Å². The number of halogens is 1. The Morgan fingerprint density at radius 2 is 1.85 bits per heavy atom. The molecule has 1 rings (SSSR count). The molecule has 2 heteroatoms. The SMILES string of the molecule is COc1cc(C(C)(C)C)ccc1Br. The summed E-state index contributed by atoms with van der Waals surface area (Å²) in [6.45, 7) is 6.57. The van der Waals surface area contributed by atoms with Crippen LogP contribution in [0.5, 0.6) is 5.75 Å². The molecule has 0 aliphatic rings. The molecule has 0 amide bonds. The van der Waals surface area contributed by atoms with E-state index in [1.54, 1.807) is 7.11 Å². The molecule has 0 atom stereocenters. The molecule has 72 valence electrons. The van der Waals surface area contributed by atoms with E-state index >= 15 is 0 Å². The van der Waals surface area contributed by atoms with Crippen LogP contribution in [0, 0.1) is 0 Å². The second kappa shape index (κ2) is 3.70.